The molecular formula is C22H21N3O3S. The third-order valence-corrected chi connectivity index (χ3v) is 6.96. The van der Waals surface area contributed by atoms with Crippen LogP contribution in [-0.2, 0) is 13.1 Å². The molecule has 0 unspecified atom stereocenters. The molecule has 5 heterocycles. The third kappa shape index (κ3) is 2.84. The maximum atomic E-state index is 13.2. The highest BCUT2D eigenvalue weighted by Crippen LogP contribution is 2.37. The first-order valence-electron chi connectivity index (χ1n) is 9.87. The molecule has 6 nitrogen and oxygen atoms in total. The number of thiophene rings is 1. The number of hydrogen-bond acceptors (Lipinski definition) is 5. The van der Waals surface area contributed by atoms with Gasteiger partial charge in [-0.05, 0) is 41.3 Å². The molecular weight excluding hydrogens is 386 g/mol. The maximum Gasteiger partial charge on any atom is 0.271 e. The SMILES string of the molecule is O=C1c2cccn2[C@H]2CN(Cc3ccc4c(c3)OCO4)C[C@H]2N1Cc1cccs1. The number of amides is 1. The normalized spacial score (nSPS) is 22.8. The number of fused-ring (bicyclic) bond motifs is 4. The molecule has 0 aliphatic carbocycles. The molecule has 3 aliphatic rings. The quantitative estimate of drug-likeness (QED) is 0.665. The number of carbonyl (C=O) groups is 1. The summed E-state index contributed by atoms with van der Waals surface area (Å²) < 4.78 is 13.1. The number of likely N-dealkylation sites (tertiary alicyclic amines) is 1. The second kappa shape index (κ2) is 6.64. The Labute approximate surface area is 172 Å². The van der Waals surface area contributed by atoms with E-state index in [0.29, 0.717) is 13.3 Å². The van der Waals surface area contributed by atoms with E-state index in [-0.39, 0.29) is 18.0 Å². The van der Waals surface area contributed by atoms with E-state index < -0.39 is 0 Å². The summed E-state index contributed by atoms with van der Waals surface area (Å²) in [7, 11) is 0. The first-order valence-corrected chi connectivity index (χ1v) is 10.8. The second-order valence-corrected chi connectivity index (χ2v) is 8.86. The van der Waals surface area contributed by atoms with Gasteiger partial charge in [0.25, 0.3) is 5.91 Å². The lowest BCUT2D eigenvalue weighted by Gasteiger charge is -2.38. The predicted octanol–water partition coefficient (Wildman–Crippen LogP) is 3.36. The van der Waals surface area contributed by atoms with Gasteiger partial charge in [-0.3, -0.25) is 9.69 Å². The van der Waals surface area contributed by atoms with Crippen LogP contribution in [0.4, 0.5) is 0 Å². The van der Waals surface area contributed by atoms with E-state index in [9.17, 15) is 4.79 Å². The van der Waals surface area contributed by atoms with E-state index in [4.69, 9.17) is 9.47 Å². The van der Waals surface area contributed by atoms with E-state index in [1.807, 2.05) is 18.2 Å². The summed E-state index contributed by atoms with van der Waals surface area (Å²) in [5, 5.41) is 2.07. The molecule has 3 aliphatic heterocycles. The van der Waals surface area contributed by atoms with Crippen molar-refractivity contribution in [2.24, 2.45) is 0 Å². The Kier molecular flexibility index (Phi) is 3.92. The molecule has 29 heavy (non-hydrogen) atoms. The van der Waals surface area contributed by atoms with Gasteiger partial charge in [0.05, 0.1) is 18.6 Å². The van der Waals surface area contributed by atoms with Gasteiger partial charge in [-0.1, -0.05) is 12.1 Å². The zero-order valence-electron chi connectivity index (χ0n) is 15.9. The van der Waals surface area contributed by atoms with E-state index in [0.717, 1.165) is 36.8 Å². The van der Waals surface area contributed by atoms with Crippen molar-refractivity contribution in [3.05, 3.63) is 70.2 Å². The molecule has 2 aromatic heterocycles. The Morgan fingerprint density at radius 3 is 2.79 bits per heavy atom. The molecule has 0 spiro atoms. The first kappa shape index (κ1) is 17.1. The van der Waals surface area contributed by atoms with Crippen LogP contribution in [0.5, 0.6) is 11.5 Å². The van der Waals surface area contributed by atoms with Crippen molar-refractivity contribution < 1.29 is 14.3 Å². The van der Waals surface area contributed by atoms with E-state index in [1.54, 1.807) is 11.3 Å². The van der Waals surface area contributed by atoms with Crippen molar-refractivity contribution in [1.29, 1.82) is 0 Å². The number of carbonyl (C=O) groups excluding carboxylic acids is 1. The van der Waals surface area contributed by atoms with Gasteiger partial charge in [-0.2, -0.15) is 0 Å². The Hall–Kier alpha value is -2.77. The summed E-state index contributed by atoms with van der Waals surface area (Å²) in [5.74, 6) is 1.77. The molecule has 7 heteroatoms. The van der Waals surface area contributed by atoms with Gasteiger partial charge in [-0.15, -0.1) is 11.3 Å². The van der Waals surface area contributed by atoms with Crippen molar-refractivity contribution in [3.63, 3.8) is 0 Å². The highest BCUT2D eigenvalue weighted by molar-refractivity contribution is 7.09. The van der Waals surface area contributed by atoms with Crippen LogP contribution in [-0.4, -0.2) is 46.2 Å². The Bertz CT molecular complexity index is 1060. The highest BCUT2D eigenvalue weighted by Gasteiger charge is 2.44. The van der Waals surface area contributed by atoms with E-state index in [2.05, 4.69) is 50.2 Å². The monoisotopic (exact) mass is 407 g/mol. The van der Waals surface area contributed by atoms with Crippen LogP contribution >= 0.6 is 11.3 Å². The molecule has 1 fully saturated rings. The van der Waals surface area contributed by atoms with Crippen LogP contribution in [0.2, 0.25) is 0 Å². The molecule has 6 rings (SSSR count). The average Bonchev–Trinajstić information content (AvgIpc) is 3.51. The minimum Gasteiger partial charge on any atom is -0.454 e. The Balaban J connectivity index is 1.27. The number of ether oxygens (including phenoxy) is 2. The van der Waals surface area contributed by atoms with Gasteiger partial charge in [0, 0.05) is 30.7 Å². The van der Waals surface area contributed by atoms with Gasteiger partial charge in [0.1, 0.15) is 5.69 Å². The van der Waals surface area contributed by atoms with Crippen LogP contribution < -0.4 is 9.47 Å². The standard InChI is InChI=1S/C22H21N3O3S/c26-22-17-4-1-7-24(17)18-12-23(10-15-5-6-20-21(9-15)28-14-27-20)13-19(18)25(22)11-16-3-2-8-29-16/h1-9,18-19H,10-14H2/t18-,19+/m0/s1. The fourth-order valence-electron chi connectivity index (χ4n) is 4.77. The number of aromatic nitrogens is 1. The lowest BCUT2D eigenvalue weighted by molar-refractivity contribution is 0.0559. The molecule has 0 bridgehead atoms. The molecule has 1 amide bonds. The van der Waals surface area contributed by atoms with E-state index in [1.165, 1.54) is 10.4 Å². The van der Waals surface area contributed by atoms with Crippen molar-refractivity contribution in [3.8, 4) is 11.5 Å². The van der Waals surface area contributed by atoms with Crippen molar-refractivity contribution in [2.75, 3.05) is 19.9 Å². The van der Waals surface area contributed by atoms with Crippen LogP contribution in [0, 0.1) is 0 Å². The third-order valence-electron chi connectivity index (χ3n) is 6.10. The number of rotatable bonds is 4. The fourth-order valence-corrected chi connectivity index (χ4v) is 5.48. The smallest absolute Gasteiger partial charge is 0.271 e. The largest absolute Gasteiger partial charge is 0.454 e. The second-order valence-electron chi connectivity index (χ2n) is 7.83. The summed E-state index contributed by atoms with van der Waals surface area (Å²) in [6.45, 7) is 3.60. The van der Waals surface area contributed by atoms with Crippen LogP contribution in [0.3, 0.4) is 0 Å². The summed E-state index contributed by atoms with van der Waals surface area (Å²) in [6, 6.07) is 14.7. The summed E-state index contributed by atoms with van der Waals surface area (Å²) in [6.07, 6.45) is 2.05. The number of hydrogen-bond donors (Lipinski definition) is 0. The number of benzene rings is 1. The minimum absolute atomic E-state index is 0.134. The van der Waals surface area contributed by atoms with E-state index >= 15 is 0 Å². The number of nitrogens with zero attached hydrogens (tertiary/aromatic N) is 3. The van der Waals surface area contributed by atoms with Gasteiger partial charge in [-0.25, -0.2) is 0 Å². The summed E-state index contributed by atoms with van der Waals surface area (Å²) >= 11 is 1.71. The molecule has 1 saturated heterocycles. The minimum atomic E-state index is 0.134. The summed E-state index contributed by atoms with van der Waals surface area (Å²) in [4.78, 5) is 18.9. The van der Waals surface area contributed by atoms with Gasteiger partial charge in [0.15, 0.2) is 11.5 Å². The van der Waals surface area contributed by atoms with Crippen molar-refractivity contribution in [1.82, 2.24) is 14.4 Å². The lowest BCUT2D eigenvalue weighted by atomic mass is 10.1. The molecule has 0 radical (unpaired) electrons. The van der Waals surface area contributed by atoms with Crippen LogP contribution in [0.1, 0.15) is 27.0 Å². The molecule has 0 N–H and O–H groups in total. The van der Waals surface area contributed by atoms with Crippen LogP contribution in [0.15, 0.2) is 54.0 Å². The molecule has 2 atom stereocenters. The van der Waals surface area contributed by atoms with Gasteiger partial charge < -0.3 is 18.9 Å². The highest BCUT2D eigenvalue weighted by atomic mass is 32.1. The molecule has 1 aromatic carbocycles. The summed E-state index contributed by atoms with van der Waals surface area (Å²) in [5.41, 5.74) is 2.00. The van der Waals surface area contributed by atoms with Crippen molar-refractivity contribution in [2.45, 2.75) is 25.2 Å². The molecule has 148 valence electrons. The zero-order chi connectivity index (χ0) is 19.4. The fraction of sp³-hybridized carbons (Fsp3) is 0.318. The topological polar surface area (TPSA) is 46.9 Å². The first-order chi connectivity index (χ1) is 14.3. The average molecular weight is 407 g/mol. The van der Waals surface area contributed by atoms with Gasteiger partial charge in [0.2, 0.25) is 6.79 Å². The Morgan fingerprint density at radius 2 is 1.90 bits per heavy atom. The zero-order valence-corrected chi connectivity index (χ0v) is 16.7. The van der Waals surface area contributed by atoms with Crippen molar-refractivity contribution >= 4 is 17.2 Å². The van der Waals surface area contributed by atoms with Gasteiger partial charge >= 0.3 is 0 Å². The predicted molar refractivity (Wildman–Crippen MR) is 109 cm³/mol. The Morgan fingerprint density at radius 1 is 1.00 bits per heavy atom. The molecule has 0 saturated carbocycles. The lowest BCUT2D eigenvalue weighted by Crippen LogP contribution is -2.49. The van der Waals surface area contributed by atoms with Crippen LogP contribution in [0.25, 0.3) is 0 Å². The maximum absolute atomic E-state index is 13.2. The molecule has 3 aromatic rings.